The van der Waals surface area contributed by atoms with Gasteiger partial charge in [0.1, 0.15) is 18.1 Å². The Kier molecular flexibility index (Phi) is 7.51. The Labute approximate surface area is 222 Å². The molecule has 1 fully saturated rings. The summed E-state index contributed by atoms with van der Waals surface area (Å²) in [4.78, 5) is 29.7. The van der Waals surface area contributed by atoms with Gasteiger partial charge in [-0.25, -0.2) is 4.68 Å². The fourth-order valence-corrected chi connectivity index (χ4v) is 4.96. The summed E-state index contributed by atoms with van der Waals surface area (Å²) in [5.41, 5.74) is 5.97. The van der Waals surface area contributed by atoms with E-state index in [1.807, 2.05) is 87.5 Å². The zero-order chi connectivity index (χ0) is 26.6. The third kappa shape index (κ3) is 5.31. The molecule has 0 aliphatic carbocycles. The Hall–Kier alpha value is -4.04. The Balaban J connectivity index is 1.57. The van der Waals surface area contributed by atoms with Gasteiger partial charge in [0.05, 0.1) is 11.6 Å². The smallest absolute Gasteiger partial charge is 0.249 e. The largest absolute Gasteiger partial charge is 0.376 e. The molecule has 0 saturated carbocycles. The molecule has 5 rings (SSSR count). The second kappa shape index (κ2) is 11.1. The molecule has 0 bridgehead atoms. The summed E-state index contributed by atoms with van der Waals surface area (Å²) in [6, 6.07) is 20.2. The molecule has 196 valence electrons. The number of ether oxygens (including phenoxy) is 1. The number of aryl methyl sites for hydroxylation is 3. The molecule has 1 aromatic heterocycles. The summed E-state index contributed by atoms with van der Waals surface area (Å²) in [5.74, 6) is -0.505. The van der Waals surface area contributed by atoms with Crippen molar-refractivity contribution in [2.75, 3.05) is 18.1 Å². The number of benzene rings is 3. The topological polar surface area (TPSA) is 89.4 Å². The summed E-state index contributed by atoms with van der Waals surface area (Å²) >= 11 is 0. The molecule has 38 heavy (non-hydrogen) atoms. The highest BCUT2D eigenvalue weighted by molar-refractivity contribution is 6.01. The average Bonchev–Trinajstić information content (AvgIpc) is 3.58. The lowest BCUT2D eigenvalue weighted by Crippen LogP contribution is -2.47. The van der Waals surface area contributed by atoms with E-state index in [1.54, 1.807) is 9.58 Å². The first-order valence-electron chi connectivity index (χ1n) is 13.0. The number of hydrogen-bond donors (Lipinski definition) is 1. The molecule has 0 spiro atoms. The van der Waals surface area contributed by atoms with Crippen LogP contribution in [-0.2, 0) is 20.9 Å². The quantitative estimate of drug-likeness (QED) is 0.378. The minimum absolute atomic E-state index is 0.0104. The molecule has 1 saturated heterocycles. The molecular formula is C30H33N5O3. The Bertz CT molecular complexity index is 1460. The van der Waals surface area contributed by atoms with E-state index < -0.39 is 6.04 Å². The van der Waals surface area contributed by atoms with Crippen molar-refractivity contribution >= 4 is 28.5 Å². The zero-order valence-electron chi connectivity index (χ0n) is 22.1. The SMILES string of the molecule is Cc1ccc(N(C(=O)Cn2nnc3ccccc32)C(C(=O)NCC2CCCO2)c2ccccc2C)cc1C. The minimum Gasteiger partial charge on any atom is -0.376 e. The Morgan fingerprint density at radius 1 is 1.03 bits per heavy atom. The molecular weight excluding hydrogens is 478 g/mol. The number of rotatable bonds is 8. The van der Waals surface area contributed by atoms with Crippen LogP contribution >= 0.6 is 0 Å². The van der Waals surface area contributed by atoms with Crippen LogP contribution in [0, 0.1) is 20.8 Å². The molecule has 2 heterocycles. The lowest BCUT2D eigenvalue weighted by atomic mass is 9.97. The van der Waals surface area contributed by atoms with Crippen LogP contribution in [0.5, 0.6) is 0 Å². The van der Waals surface area contributed by atoms with E-state index in [4.69, 9.17) is 4.74 Å². The van der Waals surface area contributed by atoms with Crippen molar-refractivity contribution in [3.8, 4) is 0 Å². The number of nitrogens with zero attached hydrogens (tertiary/aromatic N) is 4. The first-order valence-corrected chi connectivity index (χ1v) is 13.0. The van der Waals surface area contributed by atoms with Crippen molar-refractivity contribution in [1.29, 1.82) is 0 Å². The van der Waals surface area contributed by atoms with Crippen LogP contribution in [0.4, 0.5) is 5.69 Å². The molecule has 1 N–H and O–H groups in total. The molecule has 2 unspecified atom stereocenters. The van der Waals surface area contributed by atoms with Gasteiger partial charge >= 0.3 is 0 Å². The molecule has 1 aliphatic heterocycles. The van der Waals surface area contributed by atoms with Gasteiger partial charge in [-0.1, -0.05) is 47.7 Å². The third-order valence-electron chi connectivity index (χ3n) is 7.26. The van der Waals surface area contributed by atoms with Gasteiger partial charge < -0.3 is 10.1 Å². The second-order valence-corrected chi connectivity index (χ2v) is 9.91. The van der Waals surface area contributed by atoms with E-state index >= 15 is 0 Å². The van der Waals surface area contributed by atoms with Crippen LogP contribution in [0.15, 0.2) is 66.7 Å². The molecule has 8 heteroatoms. The number of carbonyl (C=O) groups is 2. The lowest BCUT2D eigenvalue weighted by Gasteiger charge is -2.33. The molecule has 2 amide bonds. The van der Waals surface area contributed by atoms with Gasteiger partial charge in [-0.05, 0) is 80.1 Å². The number of hydrogen-bond acceptors (Lipinski definition) is 5. The van der Waals surface area contributed by atoms with Crippen molar-refractivity contribution in [2.45, 2.75) is 52.3 Å². The van der Waals surface area contributed by atoms with E-state index in [0.717, 1.165) is 40.6 Å². The number of para-hydroxylation sites is 1. The summed E-state index contributed by atoms with van der Waals surface area (Å²) in [6.07, 6.45) is 1.89. The molecule has 0 radical (unpaired) electrons. The van der Waals surface area contributed by atoms with Gasteiger partial charge in [0, 0.05) is 18.8 Å². The fraction of sp³-hybridized carbons (Fsp3) is 0.333. The number of nitrogens with one attached hydrogen (secondary N) is 1. The first kappa shape index (κ1) is 25.6. The lowest BCUT2D eigenvalue weighted by molar-refractivity contribution is -0.127. The summed E-state index contributed by atoms with van der Waals surface area (Å²) < 4.78 is 7.32. The van der Waals surface area contributed by atoms with Crippen LogP contribution in [0.2, 0.25) is 0 Å². The maximum absolute atomic E-state index is 14.2. The van der Waals surface area contributed by atoms with Crippen molar-refractivity contribution in [3.05, 3.63) is 89.0 Å². The second-order valence-electron chi connectivity index (χ2n) is 9.91. The van der Waals surface area contributed by atoms with Gasteiger partial charge in [0.2, 0.25) is 11.8 Å². The summed E-state index contributed by atoms with van der Waals surface area (Å²) in [7, 11) is 0. The van der Waals surface area contributed by atoms with Crippen LogP contribution in [0.25, 0.3) is 11.0 Å². The van der Waals surface area contributed by atoms with Crippen LogP contribution in [0.3, 0.4) is 0 Å². The maximum Gasteiger partial charge on any atom is 0.249 e. The van der Waals surface area contributed by atoms with Crippen LogP contribution < -0.4 is 10.2 Å². The molecule has 2 atom stereocenters. The number of carbonyl (C=O) groups excluding carboxylic acids is 2. The summed E-state index contributed by atoms with van der Waals surface area (Å²) in [5, 5.41) is 11.5. The van der Waals surface area contributed by atoms with Crippen molar-refractivity contribution in [1.82, 2.24) is 20.3 Å². The maximum atomic E-state index is 14.2. The standard InChI is InChI=1S/C30H33N5O3/c1-20-14-15-23(17-22(20)3)35(28(36)19-34-27-13-7-6-12-26(27)32-33-34)29(25-11-5-4-9-21(25)2)30(37)31-18-24-10-8-16-38-24/h4-7,9,11-15,17,24,29H,8,10,16,18-19H2,1-3H3,(H,31,37). The molecule has 1 aliphatic rings. The van der Waals surface area contributed by atoms with E-state index in [9.17, 15) is 9.59 Å². The van der Waals surface area contributed by atoms with Gasteiger partial charge in [-0.15, -0.1) is 5.10 Å². The third-order valence-corrected chi connectivity index (χ3v) is 7.26. The zero-order valence-corrected chi connectivity index (χ0v) is 22.1. The Morgan fingerprint density at radius 2 is 1.82 bits per heavy atom. The average molecular weight is 512 g/mol. The van der Waals surface area contributed by atoms with Crippen molar-refractivity contribution < 1.29 is 14.3 Å². The Morgan fingerprint density at radius 3 is 2.58 bits per heavy atom. The van der Waals surface area contributed by atoms with E-state index in [-0.39, 0.29) is 24.5 Å². The number of aromatic nitrogens is 3. The van der Waals surface area contributed by atoms with Gasteiger partial charge in [0.15, 0.2) is 0 Å². The van der Waals surface area contributed by atoms with E-state index in [0.29, 0.717) is 24.4 Å². The number of fused-ring (bicyclic) bond motifs is 1. The minimum atomic E-state index is -0.873. The van der Waals surface area contributed by atoms with E-state index in [1.165, 1.54) is 0 Å². The number of anilines is 1. The highest BCUT2D eigenvalue weighted by atomic mass is 16.5. The predicted molar refractivity (Wildman–Crippen MR) is 147 cm³/mol. The molecule has 3 aromatic carbocycles. The van der Waals surface area contributed by atoms with Crippen LogP contribution in [0.1, 0.15) is 41.1 Å². The van der Waals surface area contributed by atoms with Gasteiger partial charge in [-0.3, -0.25) is 14.5 Å². The van der Waals surface area contributed by atoms with Gasteiger partial charge in [-0.2, -0.15) is 0 Å². The normalized spacial score (nSPS) is 15.9. The highest BCUT2D eigenvalue weighted by Gasteiger charge is 2.34. The number of amides is 2. The van der Waals surface area contributed by atoms with E-state index in [2.05, 4.69) is 15.6 Å². The molecule has 8 nitrogen and oxygen atoms in total. The predicted octanol–water partition coefficient (Wildman–Crippen LogP) is 4.43. The van der Waals surface area contributed by atoms with Crippen molar-refractivity contribution in [3.63, 3.8) is 0 Å². The highest BCUT2D eigenvalue weighted by Crippen LogP contribution is 2.32. The van der Waals surface area contributed by atoms with Crippen molar-refractivity contribution in [2.24, 2.45) is 0 Å². The van der Waals surface area contributed by atoms with Crippen LogP contribution in [-0.4, -0.2) is 46.1 Å². The fourth-order valence-electron chi connectivity index (χ4n) is 4.96. The molecule has 4 aromatic rings. The first-order chi connectivity index (χ1) is 18.4. The monoisotopic (exact) mass is 511 g/mol. The van der Waals surface area contributed by atoms with Gasteiger partial charge in [0.25, 0.3) is 0 Å². The summed E-state index contributed by atoms with van der Waals surface area (Å²) in [6.45, 7) is 7.05.